The highest BCUT2D eigenvalue weighted by Crippen LogP contribution is 2.55. The number of hydrogen-bond acceptors (Lipinski definition) is 12. The lowest BCUT2D eigenvalue weighted by Gasteiger charge is -2.32. The van der Waals surface area contributed by atoms with Gasteiger partial charge in [0.05, 0.1) is 11.2 Å². The third-order valence-corrected chi connectivity index (χ3v) is 12.2. The quantitative estimate of drug-likeness (QED) is 0.234. The Kier molecular flexibility index (Phi) is 8.68. The van der Waals surface area contributed by atoms with Gasteiger partial charge in [-0.1, -0.05) is 24.3 Å². The van der Waals surface area contributed by atoms with E-state index in [1.165, 1.54) is 0 Å². The molecule has 0 N–H and O–H groups in total. The number of esters is 2. The normalized spacial score (nSPS) is 46.6. The minimum atomic E-state index is -1.50. The second-order valence-corrected chi connectivity index (χ2v) is 16.6. The molecule has 0 spiro atoms. The van der Waals surface area contributed by atoms with Crippen LogP contribution in [0, 0.1) is 11.8 Å². The molecule has 7 heterocycles. The van der Waals surface area contributed by atoms with Crippen molar-refractivity contribution in [3.05, 3.63) is 24.3 Å². The number of fused-ring (bicyclic) bond motifs is 4. The molecule has 1 unspecified atom stereocenters. The summed E-state index contributed by atoms with van der Waals surface area (Å²) in [6.07, 6.45) is -4.32. The van der Waals surface area contributed by atoms with Gasteiger partial charge in [0, 0.05) is 51.4 Å². The number of carbonyl (C=O) groups is 6. The van der Waals surface area contributed by atoms with Crippen LogP contribution in [0.4, 0.5) is 0 Å². The van der Waals surface area contributed by atoms with Crippen LogP contribution in [0.3, 0.4) is 0 Å². The molecular weight excluding hydrogens is 648 g/mol. The summed E-state index contributed by atoms with van der Waals surface area (Å²) in [4.78, 5) is 81.6. The van der Waals surface area contributed by atoms with Crippen molar-refractivity contribution < 1.29 is 57.2 Å². The molecule has 0 aromatic carbocycles. The van der Waals surface area contributed by atoms with E-state index < -0.39 is 71.0 Å². The molecule has 0 aromatic heterocycles. The minimum absolute atomic E-state index is 0.00599. The fraction of sp³-hybridized carbons (Fsp3) is 0.737. The first-order chi connectivity index (χ1) is 23.4. The summed E-state index contributed by atoms with van der Waals surface area (Å²) in [5.41, 5.74) is -3.67. The summed E-state index contributed by atoms with van der Waals surface area (Å²) in [5.74, 6) is -2.58. The Morgan fingerprint density at radius 3 is 1.34 bits per heavy atom. The molecule has 8 bridgehead atoms. The van der Waals surface area contributed by atoms with Gasteiger partial charge >= 0.3 is 11.9 Å². The first kappa shape index (κ1) is 35.3. The van der Waals surface area contributed by atoms with Gasteiger partial charge in [-0.05, 0) is 65.2 Å². The molecule has 0 radical (unpaired) electrons. The Balaban J connectivity index is 1.28. The Morgan fingerprint density at radius 1 is 0.600 bits per heavy atom. The van der Waals surface area contributed by atoms with Crippen LogP contribution in [-0.4, -0.2) is 94.1 Å². The van der Waals surface area contributed by atoms with Gasteiger partial charge in [0.15, 0.2) is 22.8 Å². The average molecular weight is 697 g/mol. The van der Waals surface area contributed by atoms with E-state index in [2.05, 4.69) is 13.2 Å². The van der Waals surface area contributed by atoms with Gasteiger partial charge in [-0.25, -0.2) is 9.59 Å². The zero-order valence-corrected chi connectivity index (χ0v) is 29.4. The fourth-order valence-electron chi connectivity index (χ4n) is 9.19. The summed E-state index contributed by atoms with van der Waals surface area (Å²) < 4.78 is 37.7. The maximum absolute atomic E-state index is 14.5. The number of allylic oxidation sites excluding steroid dienone is 2. The first-order valence-electron chi connectivity index (χ1n) is 18.0. The van der Waals surface area contributed by atoms with E-state index >= 15 is 0 Å². The van der Waals surface area contributed by atoms with Crippen molar-refractivity contribution in [2.24, 2.45) is 11.8 Å². The van der Waals surface area contributed by atoms with Gasteiger partial charge in [-0.3, -0.25) is 19.2 Å². The Bertz CT molecular complexity index is 1450. The lowest BCUT2D eigenvalue weighted by Crippen LogP contribution is -2.48. The molecule has 0 saturated carbocycles. The third-order valence-electron chi connectivity index (χ3n) is 12.2. The topological polar surface area (TPSA) is 164 Å². The van der Waals surface area contributed by atoms with Gasteiger partial charge in [-0.15, -0.1) is 0 Å². The van der Waals surface area contributed by atoms with E-state index in [1.54, 1.807) is 13.8 Å². The molecule has 7 fully saturated rings. The lowest BCUT2D eigenvalue weighted by molar-refractivity contribution is -0.166. The molecule has 0 amide bonds. The van der Waals surface area contributed by atoms with Crippen molar-refractivity contribution in [1.82, 2.24) is 0 Å². The molecule has 0 aliphatic carbocycles. The molecule has 7 saturated heterocycles. The molecule has 0 aromatic rings. The average Bonchev–Trinajstić information content (AvgIpc) is 3.88. The van der Waals surface area contributed by atoms with Gasteiger partial charge in [-0.2, -0.15) is 0 Å². The number of ether oxygens (including phenoxy) is 6. The molecule has 50 heavy (non-hydrogen) atoms. The van der Waals surface area contributed by atoms with E-state index in [9.17, 15) is 28.8 Å². The van der Waals surface area contributed by atoms with E-state index in [0.717, 1.165) is 11.1 Å². The second kappa shape index (κ2) is 12.3. The lowest BCUT2D eigenvalue weighted by atomic mass is 9.81. The van der Waals surface area contributed by atoms with Crippen LogP contribution < -0.4 is 0 Å². The largest absolute Gasteiger partial charge is 0.457 e. The van der Waals surface area contributed by atoms with Crippen LogP contribution in [0.25, 0.3) is 0 Å². The molecular formula is C38H48O12. The minimum Gasteiger partial charge on any atom is -0.457 e. The summed E-state index contributed by atoms with van der Waals surface area (Å²) in [6, 6.07) is 0. The monoisotopic (exact) mass is 696 g/mol. The van der Waals surface area contributed by atoms with E-state index in [0.29, 0.717) is 12.8 Å². The van der Waals surface area contributed by atoms with Crippen molar-refractivity contribution in [3.8, 4) is 0 Å². The summed E-state index contributed by atoms with van der Waals surface area (Å²) in [7, 11) is 0. The molecule has 12 nitrogen and oxygen atoms in total. The van der Waals surface area contributed by atoms with Gasteiger partial charge in [0.2, 0.25) is 0 Å². The molecule has 12 atom stereocenters. The fourth-order valence-corrected chi connectivity index (χ4v) is 9.19. The van der Waals surface area contributed by atoms with E-state index in [4.69, 9.17) is 28.4 Å². The number of carbonyl (C=O) groups excluding carboxylic acids is 6. The third kappa shape index (κ3) is 6.34. The highest BCUT2D eigenvalue weighted by atomic mass is 16.7. The van der Waals surface area contributed by atoms with Crippen LogP contribution in [0.1, 0.15) is 105 Å². The predicted molar refractivity (Wildman–Crippen MR) is 174 cm³/mol. The number of Topliss-reactive ketones (excluding diaryl/α,β-unsaturated/α-hetero) is 4. The maximum Gasteiger partial charge on any atom is 0.341 e. The van der Waals surface area contributed by atoms with Crippen molar-refractivity contribution in [1.29, 1.82) is 0 Å². The molecule has 272 valence electrons. The smallest absolute Gasteiger partial charge is 0.341 e. The zero-order valence-electron chi connectivity index (χ0n) is 29.4. The highest BCUT2D eigenvalue weighted by molar-refractivity contribution is 5.93. The first-order valence-corrected chi connectivity index (χ1v) is 18.0. The van der Waals surface area contributed by atoms with Crippen molar-refractivity contribution in [2.75, 3.05) is 0 Å². The van der Waals surface area contributed by atoms with E-state index in [1.807, 2.05) is 13.8 Å². The van der Waals surface area contributed by atoms with E-state index in [-0.39, 0.29) is 99.2 Å². The van der Waals surface area contributed by atoms with Crippen LogP contribution in [0.2, 0.25) is 0 Å². The van der Waals surface area contributed by atoms with Crippen LogP contribution in [-0.2, 0) is 57.2 Å². The van der Waals surface area contributed by atoms with Gasteiger partial charge in [0.25, 0.3) is 0 Å². The standard InChI is InChI=1S/C38H48O12/c1-19(2)21-7-9-37-31(49-37)29(17-35(5)15-25(41)27(47-35)13-23(39)11-21)46-34(44)38-10-8-22(20(3)4)12-24(40)14-28-26(42)16-36(6,48-28)18-30(32(38)50-38)45-33(37)43/h21-22,27-32H,1,3,7-18H2,2,4-6H3/t21-,22+,27-,28-,29+,30+,31-,32-,35+,36+,37?,38-/m0/s1. The number of hydrogen-bond donors (Lipinski definition) is 0. The van der Waals surface area contributed by atoms with Crippen molar-refractivity contribution in [2.45, 2.75) is 164 Å². The van der Waals surface area contributed by atoms with Gasteiger partial charge in [0.1, 0.15) is 48.2 Å². The van der Waals surface area contributed by atoms with Crippen LogP contribution in [0.5, 0.6) is 0 Å². The maximum atomic E-state index is 14.5. The highest BCUT2D eigenvalue weighted by Gasteiger charge is 2.74. The second-order valence-electron chi connectivity index (χ2n) is 16.6. The predicted octanol–water partition coefficient (Wildman–Crippen LogP) is 3.78. The molecule has 7 aliphatic rings. The Morgan fingerprint density at radius 2 is 0.980 bits per heavy atom. The SMILES string of the molecule is C=C(C)[C@@H]1CC[C@]23O[C@H]2[C@@H](C[C@@]2(C)CC(=O)[C@H](CC(=O)C1)O2)OC(=O)C12CC[C@H](C(=C)C)CC(=O)C[C@@H]4O[C@](C)(CC4=O)C[C@@H](OC3=O)[C@@H]1O2. The van der Waals surface area contributed by atoms with Gasteiger partial charge < -0.3 is 28.4 Å². The molecule has 7 rings (SSSR count). The molecule has 7 aliphatic heterocycles. The number of ketones is 4. The molecule has 12 heteroatoms. The van der Waals surface area contributed by atoms with Crippen molar-refractivity contribution >= 4 is 35.1 Å². The Hall–Kier alpha value is -3.06. The number of epoxide rings is 2. The summed E-state index contributed by atoms with van der Waals surface area (Å²) in [5, 5.41) is 0. The zero-order chi connectivity index (χ0) is 36.0. The van der Waals surface area contributed by atoms with Crippen LogP contribution in [0.15, 0.2) is 24.3 Å². The summed E-state index contributed by atoms with van der Waals surface area (Å²) in [6.45, 7) is 15.3. The number of rotatable bonds is 2. The van der Waals surface area contributed by atoms with Crippen molar-refractivity contribution in [3.63, 3.8) is 0 Å². The Labute approximate surface area is 291 Å². The van der Waals surface area contributed by atoms with Crippen LogP contribution >= 0.6 is 0 Å². The summed E-state index contributed by atoms with van der Waals surface area (Å²) >= 11 is 0.